The van der Waals surface area contributed by atoms with Crippen LogP contribution in [-0.2, 0) is 0 Å². The van der Waals surface area contributed by atoms with Gasteiger partial charge in [0.1, 0.15) is 0 Å². The van der Waals surface area contributed by atoms with Gasteiger partial charge >= 0.3 is 0 Å². The van der Waals surface area contributed by atoms with Gasteiger partial charge in [0.05, 0.1) is 0 Å². The molecule has 0 aromatic heterocycles. The predicted molar refractivity (Wildman–Crippen MR) is 61.9 cm³/mol. The van der Waals surface area contributed by atoms with Gasteiger partial charge in [0.2, 0.25) is 0 Å². The van der Waals surface area contributed by atoms with Gasteiger partial charge < -0.3 is 0 Å². The van der Waals surface area contributed by atoms with E-state index >= 15 is 0 Å². The van der Waals surface area contributed by atoms with Crippen molar-refractivity contribution in [2.75, 3.05) is 0 Å². The van der Waals surface area contributed by atoms with Crippen molar-refractivity contribution in [2.24, 2.45) is 11.3 Å². The van der Waals surface area contributed by atoms with E-state index in [1.807, 2.05) is 0 Å². The van der Waals surface area contributed by atoms with Crippen LogP contribution in [0.2, 0.25) is 0 Å². The number of rotatable bonds is 6. The molecule has 0 aliphatic carbocycles. The Morgan fingerprint density at radius 3 is 2.23 bits per heavy atom. The molecule has 0 aromatic carbocycles. The monoisotopic (exact) mass is 182 g/mol. The molecule has 0 aliphatic rings. The highest BCUT2D eigenvalue weighted by Gasteiger charge is 2.20. The molecule has 1 atom stereocenters. The lowest BCUT2D eigenvalue weighted by Gasteiger charge is -2.27. The second kappa shape index (κ2) is 6.23. The van der Waals surface area contributed by atoms with E-state index in [9.17, 15) is 0 Å². The second-order valence-electron chi connectivity index (χ2n) is 4.81. The lowest BCUT2D eigenvalue weighted by Crippen LogP contribution is -2.15. The number of allylic oxidation sites excluding steroid dienone is 2. The van der Waals surface area contributed by atoms with Gasteiger partial charge in [-0.3, -0.25) is 0 Å². The van der Waals surface area contributed by atoms with Crippen LogP contribution in [0.3, 0.4) is 0 Å². The van der Waals surface area contributed by atoms with Crippen LogP contribution < -0.4 is 0 Å². The lowest BCUT2D eigenvalue weighted by atomic mass is 9.78. The molecule has 0 nitrogen and oxygen atoms in total. The molecule has 0 heteroatoms. The van der Waals surface area contributed by atoms with Gasteiger partial charge in [-0.2, -0.15) is 0 Å². The van der Waals surface area contributed by atoms with Gasteiger partial charge in [-0.25, -0.2) is 0 Å². The van der Waals surface area contributed by atoms with Gasteiger partial charge in [0.15, 0.2) is 0 Å². The fourth-order valence-electron chi connectivity index (χ4n) is 2.16. The molecule has 0 fully saturated rings. The summed E-state index contributed by atoms with van der Waals surface area (Å²) in [6.07, 6.45) is 9.84. The number of hydrogen-bond acceptors (Lipinski definition) is 0. The van der Waals surface area contributed by atoms with Crippen molar-refractivity contribution in [1.29, 1.82) is 0 Å². The SMILES string of the molecule is CC/C=C\C(C)(CCC)CC(C)C. The molecule has 78 valence electrons. The minimum Gasteiger partial charge on any atom is -0.0883 e. The summed E-state index contributed by atoms with van der Waals surface area (Å²) < 4.78 is 0. The second-order valence-corrected chi connectivity index (χ2v) is 4.81. The van der Waals surface area contributed by atoms with Crippen LogP contribution in [0, 0.1) is 11.3 Å². The minimum atomic E-state index is 0.443. The van der Waals surface area contributed by atoms with Crippen LogP contribution in [0.25, 0.3) is 0 Å². The molecule has 0 saturated heterocycles. The third-order valence-corrected chi connectivity index (χ3v) is 2.45. The molecule has 1 unspecified atom stereocenters. The summed E-state index contributed by atoms with van der Waals surface area (Å²) in [7, 11) is 0. The van der Waals surface area contributed by atoms with Crippen LogP contribution in [0.1, 0.15) is 60.3 Å². The smallest absolute Gasteiger partial charge is 0.0144 e. The maximum absolute atomic E-state index is 2.43. The van der Waals surface area contributed by atoms with Crippen molar-refractivity contribution in [1.82, 2.24) is 0 Å². The highest BCUT2D eigenvalue weighted by Crippen LogP contribution is 2.32. The van der Waals surface area contributed by atoms with Crippen molar-refractivity contribution < 1.29 is 0 Å². The molecule has 0 spiro atoms. The maximum Gasteiger partial charge on any atom is -0.0144 e. The van der Waals surface area contributed by atoms with E-state index in [4.69, 9.17) is 0 Å². The van der Waals surface area contributed by atoms with Crippen LogP contribution in [0.4, 0.5) is 0 Å². The average molecular weight is 182 g/mol. The fraction of sp³-hybridized carbons (Fsp3) is 0.846. The van der Waals surface area contributed by atoms with Crippen LogP contribution in [0.5, 0.6) is 0 Å². The largest absolute Gasteiger partial charge is 0.0883 e. The van der Waals surface area contributed by atoms with Gasteiger partial charge in [-0.15, -0.1) is 0 Å². The maximum atomic E-state index is 2.43. The van der Waals surface area contributed by atoms with E-state index in [1.165, 1.54) is 19.3 Å². The molecule has 13 heavy (non-hydrogen) atoms. The Balaban J connectivity index is 4.23. The first-order chi connectivity index (χ1) is 6.04. The molecule has 0 rings (SSSR count). The van der Waals surface area contributed by atoms with Gasteiger partial charge in [-0.05, 0) is 30.6 Å². The van der Waals surface area contributed by atoms with Gasteiger partial charge in [-0.1, -0.05) is 53.2 Å². The fourth-order valence-corrected chi connectivity index (χ4v) is 2.16. The van der Waals surface area contributed by atoms with E-state index in [2.05, 4.69) is 46.8 Å². The van der Waals surface area contributed by atoms with Crippen LogP contribution >= 0.6 is 0 Å². The molecular weight excluding hydrogens is 156 g/mol. The lowest BCUT2D eigenvalue weighted by molar-refractivity contribution is 0.306. The Kier molecular flexibility index (Phi) is 6.11. The standard InChI is InChI=1S/C13H26/c1-6-8-10-13(5,9-7-2)11-12(3)4/h8,10,12H,6-7,9,11H2,1-5H3/b10-8-. The van der Waals surface area contributed by atoms with Gasteiger partial charge in [0.25, 0.3) is 0 Å². The third-order valence-electron chi connectivity index (χ3n) is 2.45. The Morgan fingerprint density at radius 1 is 1.23 bits per heavy atom. The van der Waals surface area contributed by atoms with Crippen molar-refractivity contribution in [3.63, 3.8) is 0 Å². The molecule has 0 radical (unpaired) electrons. The van der Waals surface area contributed by atoms with Crippen LogP contribution in [0.15, 0.2) is 12.2 Å². The van der Waals surface area contributed by atoms with Crippen molar-refractivity contribution >= 4 is 0 Å². The van der Waals surface area contributed by atoms with E-state index in [1.54, 1.807) is 0 Å². The predicted octanol–water partition coefficient (Wildman–Crippen LogP) is 4.81. The summed E-state index contributed by atoms with van der Waals surface area (Å²) in [6, 6.07) is 0. The summed E-state index contributed by atoms with van der Waals surface area (Å²) in [4.78, 5) is 0. The quantitative estimate of drug-likeness (QED) is 0.517. The first kappa shape index (κ1) is 12.7. The summed E-state index contributed by atoms with van der Waals surface area (Å²) in [6.45, 7) is 11.5. The molecule has 0 heterocycles. The number of hydrogen-bond donors (Lipinski definition) is 0. The average Bonchev–Trinajstić information content (AvgIpc) is 2.00. The first-order valence-electron chi connectivity index (χ1n) is 5.71. The van der Waals surface area contributed by atoms with Crippen molar-refractivity contribution in [3.8, 4) is 0 Å². The molecule has 0 saturated carbocycles. The third kappa shape index (κ3) is 5.90. The highest BCUT2D eigenvalue weighted by molar-refractivity contribution is 4.97. The zero-order valence-corrected chi connectivity index (χ0v) is 10.1. The zero-order chi connectivity index (χ0) is 10.3. The molecule has 0 aliphatic heterocycles. The molecule has 0 aromatic rings. The van der Waals surface area contributed by atoms with E-state index in [0.29, 0.717) is 5.41 Å². The van der Waals surface area contributed by atoms with E-state index in [0.717, 1.165) is 12.3 Å². The Bertz CT molecular complexity index is 144. The zero-order valence-electron chi connectivity index (χ0n) is 10.1. The Hall–Kier alpha value is -0.260. The van der Waals surface area contributed by atoms with Crippen molar-refractivity contribution in [2.45, 2.75) is 60.3 Å². The highest BCUT2D eigenvalue weighted by atomic mass is 14.3. The summed E-state index contributed by atoms with van der Waals surface area (Å²) in [5.74, 6) is 0.804. The van der Waals surface area contributed by atoms with E-state index in [-0.39, 0.29) is 0 Å². The summed E-state index contributed by atoms with van der Waals surface area (Å²) in [5, 5.41) is 0. The Morgan fingerprint density at radius 2 is 1.85 bits per heavy atom. The van der Waals surface area contributed by atoms with Crippen LogP contribution in [-0.4, -0.2) is 0 Å². The molecule has 0 amide bonds. The topological polar surface area (TPSA) is 0 Å². The van der Waals surface area contributed by atoms with Crippen molar-refractivity contribution in [3.05, 3.63) is 12.2 Å². The minimum absolute atomic E-state index is 0.443. The summed E-state index contributed by atoms with van der Waals surface area (Å²) in [5.41, 5.74) is 0.443. The molecular formula is C13H26. The normalized spacial score (nSPS) is 16.8. The first-order valence-corrected chi connectivity index (χ1v) is 5.71. The van der Waals surface area contributed by atoms with Gasteiger partial charge in [0, 0.05) is 0 Å². The molecule has 0 bridgehead atoms. The van der Waals surface area contributed by atoms with E-state index < -0.39 is 0 Å². The Labute approximate surface area is 84.4 Å². The summed E-state index contributed by atoms with van der Waals surface area (Å²) >= 11 is 0. The molecule has 0 N–H and O–H groups in total.